The molecule has 0 spiro atoms. The Labute approximate surface area is 116 Å². The van der Waals surface area contributed by atoms with Gasteiger partial charge < -0.3 is 15.0 Å². The van der Waals surface area contributed by atoms with Gasteiger partial charge in [0.25, 0.3) is 0 Å². The summed E-state index contributed by atoms with van der Waals surface area (Å²) >= 11 is 0. The Bertz CT molecular complexity index is 449. The van der Waals surface area contributed by atoms with Gasteiger partial charge in [-0.2, -0.15) is 0 Å². The molecule has 104 valence electrons. The van der Waals surface area contributed by atoms with Gasteiger partial charge >= 0.3 is 7.12 Å². The van der Waals surface area contributed by atoms with Crippen molar-refractivity contribution in [3.05, 3.63) is 34.9 Å². The summed E-state index contributed by atoms with van der Waals surface area (Å²) in [7, 11) is -0.398. The lowest BCUT2D eigenvalue weighted by Crippen LogP contribution is -2.41. The third kappa shape index (κ3) is 2.45. The zero-order valence-electron chi connectivity index (χ0n) is 12.8. The van der Waals surface area contributed by atoms with Crippen LogP contribution >= 0.6 is 0 Å². The van der Waals surface area contributed by atoms with Crippen LogP contribution in [0.3, 0.4) is 0 Å². The highest BCUT2D eigenvalue weighted by molar-refractivity contribution is 6.47. The monoisotopic (exact) mass is 261 g/mol. The Kier molecular flexibility index (Phi) is 3.54. The second kappa shape index (κ2) is 4.62. The molecule has 19 heavy (non-hydrogen) atoms. The largest absolute Gasteiger partial charge is 0.480 e. The molecule has 2 rings (SSSR count). The van der Waals surface area contributed by atoms with E-state index < -0.39 is 7.12 Å². The number of nitrogens with two attached hydrogens (primary N) is 1. The number of aryl methyl sites for hydroxylation is 2. The first-order valence-electron chi connectivity index (χ1n) is 6.83. The third-order valence-corrected chi connectivity index (χ3v) is 4.44. The van der Waals surface area contributed by atoms with Crippen LogP contribution in [0.1, 0.15) is 50.3 Å². The van der Waals surface area contributed by atoms with Gasteiger partial charge in [-0.3, -0.25) is 0 Å². The van der Waals surface area contributed by atoms with Crippen molar-refractivity contribution in [3.63, 3.8) is 0 Å². The molecule has 1 heterocycles. The summed E-state index contributed by atoms with van der Waals surface area (Å²) in [5.74, 6) is -0.262. The highest BCUT2D eigenvalue weighted by Crippen LogP contribution is 2.40. The van der Waals surface area contributed by atoms with Crippen molar-refractivity contribution in [1.29, 1.82) is 0 Å². The first-order chi connectivity index (χ1) is 8.66. The summed E-state index contributed by atoms with van der Waals surface area (Å²) in [5, 5.41) is 0. The lowest BCUT2D eigenvalue weighted by atomic mass is 9.72. The van der Waals surface area contributed by atoms with Crippen LogP contribution in [0.2, 0.25) is 0 Å². The average Bonchev–Trinajstić information content (AvgIpc) is 2.47. The second-order valence-electron chi connectivity index (χ2n) is 6.46. The molecular weight excluding hydrogens is 237 g/mol. The van der Waals surface area contributed by atoms with E-state index in [1.807, 2.05) is 33.8 Å². The molecule has 0 saturated carbocycles. The Morgan fingerprint density at radius 3 is 1.84 bits per heavy atom. The van der Waals surface area contributed by atoms with E-state index in [0.29, 0.717) is 0 Å². The molecule has 4 heteroatoms. The molecule has 1 aromatic rings. The van der Waals surface area contributed by atoms with Gasteiger partial charge in [0, 0.05) is 0 Å². The molecule has 1 aliphatic heterocycles. The average molecular weight is 261 g/mol. The maximum Gasteiger partial charge on any atom is 0.480 e. The molecule has 1 aromatic carbocycles. The quantitative estimate of drug-likeness (QED) is 0.832. The molecule has 1 saturated heterocycles. The molecule has 0 aliphatic carbocycles. The zero-order valence-corrected chi connectivity index (χ0v) is 12.8. The van der Waals surface area contributed by atoms with E-state index in [2.05, 4.69) is 26.0 Å². The van der Waals surface area contributed by atoms with Gasteiger partial charge in [-0.05, 0) is 58.2 Å². The van der Waals surface area contributed by atoms with Crippen LogP contribution in [0.15, 0.2) is 18.2 Å². The summed E-state index contributed by atoms with van der Waals surface area (Å²) in [5.41, 5.74) is 9.20. The van der Waals surface area contributed by atoms with Crippen LogP contribution in [0.25, 0.3) is 0 Å². The summed E-state index contributed by atoms with van der Waals surface area (Å²) in [6, 6.07) is 6.20. The maximum absolute atomic E-state index is 6.39. The van der Waals surface area contributed by atoms with Crippen molar-refractivity contribution in [2.24, 2.45) is 5.73 Å². The lowest BCUT2D eigenvalue weighted by molar-refractivity contribution is 0.00578. The fourth-order valence-electron chi connectivity index (χ4n) is 2.52. The first-order valence-corrected chi connectivity index (χ1v) is 6.83. The fourth-order valence-corrected chi connectivity index (χ4v) is 2.52. The van der Waals surface area contributed by atoms with Gasteiger partial charge in [-0.1, -0.05) is 18.2 Å². The first kappa shape index (κ1) is 14.6. The Hall–Kier alpha value is -0.835. The van der Waals surface area contributed by atoms with Crippen LogP contribution in [0.4, 0.5) is 0 Å². The minimum atomic E-state index is -0.398. The van der Waals surface area contributed by atoms with Crippen LogP contribution < -0.4 is 5.73 Å². The van der Waals surface area contributed by atoms with E-state index in [1.165, 1.54) is 11.1 Å². The van der Waals surface area contributed by atoms with Gasteiger partial charge in [0.1, 0.15) is 0 Å². The predicted molar refractivity (Wildman–Crippen MR) is 78.9 cm³/mol. The summed E-state index contributed by atoms with van der Waals surface area (Å²) in [4.78, 5) is 0. The van der Waals surface area contributed by atoms with E-state index >= 15 is 0 Å². The summed E-state index contributed by atoms with van der Waals surface area (Å²) < 4.78 is 12.1. The van der Waals surface area contributed by atoms with Crippen molar-refractivity contribution in [3.8, 4) is 0 Å². The topological polar surface area (TPSA) is 44.5 Å². The molecule has 3 nitrogen and oxygen atoms in total. The fraction of sp³-hybridized carbons (Fsp3) is 0.600. The van der Waals surface area contributed by atoms with E-state index in [1.54, 1.807) is 0 Å². The molecule has 0 unspecified atom stereocenters. The third-order valence-electron chi connectivity index (χ3n) is 4.44. The van der Waals surface area contributed by atoms with Crippen LogP contribution in [0, 0.1) is 13.8 Å². The Morgan fingerprint density at radius 2 is 1.42 bits per heavy atom. The van der Waals surface area contributed by atoms with Gasteiger partial charge in [0.05, 0.1) is 17.1 Å². The van der Waals surface area contributed by atoms with Crippen molar-refractivity contribution in [2.45, 2.75) is 58.7 Å². The molecule has 2 N–H and O–H groups in total. The molecule has 1 aliphatic rings. The van der Waals surface area contributed by atoms with Gasteiger partial charge in [0.15, 0.2) is 0 Å². The molecule has 1 fully saturated rings. The number of hydrogen-bond acceptors (Lipinski definition) is 3. The molecule has 1 atom stereocenters. The molecular formula is C15H24BNO2. The van der Waals surface area contributed by atoms with Crippen LogP contribution in [-0.4, -0.2) is 18.3 Å². The van der Waals surface area contributed by atoms with Gasteiger partial charge in [0.2, 0.25) is 0 Å². The smallest absolute Gasteiger partial charge is 0.402 e. The van der Waals surface area contributed by atoms with E-state index in [0.717, 1.165) is 5.56 Å². The van der Waals surface area contributed by atoms with Crippen molar-refractivity contribution in [2.75, 3.05) is 0 Å². The van der Waals surface area contributed by atoms with Crippen LogP contribution in [-0.2, 0) is 9.31 Å². The zero-order chi connectivity index (χ0) is 14.4. The molecule has 0 aromatic heterocycles. The standard InChI is InChI=1S/C15H24BNO2/c1-10-8-7-9-11(2)12(10)13(17)16-18-14(3,4)15(5,6)19-16/h7-9,13H,17H2,1-6H3/t13-/m0/s1. The number of benzene rings is 1. The van der Waals surface area contributed by atoms with Crippen molar-refractivity contribution < 1.29 is 9.31 Å². The Balaban J connectivity index is 2.30. The highest BCUT2D eigenvalue weighted by Gasteiger charge is 2.53. The normalized spacial score (nSPS) is 22.6. The maximum atomic E-state index is 6.39. The lowest BCUT2D eigenvalue weighted by Gasteiger charge is -2.32. The van der Waals surface area contributed by atoms with Crippen molar-refractivity contribution >= 4 is 7.12 Å². The Morgan fingerprint density at radius 1 is 1.00 bits per heavy atom. The van der Waals surface area contributed by atoms with E-state index in [-0.39, 0.29) is 17.1 Å². The van der Waals surface area contributed by atoms with Crippen LogP contribution in [0.5, 0.6) is 0 Å². The summed E-state index contributed by atoms with van der Waals surface area (Å²) in [6.07, 6.45) is 0. The number of hydrogen-bond donors (Lipinski definition) is 1. The SMILES string of the molecule is Cc1cccc(C)c1[C@H](N)B1OC(C)(C)C(C)(C)O1. The van der Waals surface area contributed by atoms with E-state index in [9.17, 15) is 0 Å². The summed E-state index contributed by atoms with van der Waals surface area (Å²) in [6.45, 7) is 12.3. The van der Waals surface area contributed by atoms with E-state index in [4.69, 9.17) is 15.0 Å². The second-order valence-corrected chi connectivity index (χ2v) is 6.46. The van der Waals surface area contributed by atoms with Gasteiger partial charge in [-0.15, -0.1) is 0 Å². The number of rotatable bonds is 2. The molecule has 0 amide bonds. The minimum Gasteiger partial charge on any atom is -0.402 e. The molecule has 0 radical (unpaired) electrons. The predicted octanol–water partition coefficient (Wildman–Crippen LogP) is 2.93. The van der Waals surface area contributed by atoms with Gasteiger partial charge in [-0.25, -0.2) is 0 Å². The van der Waals surface area contributed by atoms with Crippen molar-refractivity contribution in [1.82, 2.24) is 0 Å². The highest BCUT2D eigenvalue weighted by atomic mass is 16.7. The molecule has 0 bridgehead atoms. The minimum absolute atomic E-state index is 0.262.